The number of carboxylic acids is 1. The van der Waals surface area contributed by atoms with Crippen LogP contribution < -0.4 is 5.32 Å². The highest BCUT2D eigenvalue weighted by atomic mass is 16.4. The van der Waals surface area contributed by atoms with Gasteiger partial charge in [-0.2, -0.15) is 0 Å². The van der Waals surface area contributed by atoms with E-state index in [0.717, 1.165) is 6.54 Å². The maximum Gasteiger partial charge on any atom is 0.307 e. The van der Waals surface area contributed by atoms with Crippen LogP contribution in [0, 0.1) is 12.8 Å². The quantitative estimate of drug-likeness (QED) is 0.814. The van der Waals surface area contributed by atoms with E-state index in [4.69, 9.17) is 5.11 Å². The average Bonchev–Trinajstić information content (AvgIpc) is 2.28. The number of aryl methyl sites for hydroxylation is 1. The van der Waals surface area contributed by atoms with Gasteiger partial charge in [0, 0.05) is 18.5 Å². The number of hydrogen-bond acceptors (Lipinski definition) is 2. The molecule has 1 aromatic rings. The van der Waals surface area contributed by atoms with Crippen LogP contribution in [0.2, 0.25) is 0 Å². The first-order chi connectivity index (χ1) is 8.33. The Hall–Kier alpha value is -1.35. The van der Waals surface area contributed by atoms with Gasteiger partial charge in [-0.05, 0) is 12.5 Å². The summed E-state index contributed by atoms with van der Waals surface area (Å²) in [6.07, 6.45) is 0. The number of hydrogen-bond donors (Lipinski definition) is 2. The van der Waals surface area contributed by atoms with Crippen LogP contribution in [0.5, 0.6) is 0 Å². The summed E-state index contributed by atoms with van der Waals surface area (Å²) in [5, 5.41) is 12.1. The SMILES string of the molecule is Cc1cccc(C(C)(C)CNCC(C)C(=O)O)c1. The third-order valence-corrected chi connectivity index (χ3v) is 3.24. The van der Waals surface area contributed by atoms with Crippen molar-refractivity contribution in [3.63, 3.8) is 0 Å². The summed E-state index contributed by atoms with van der Waals surface area (Å²) in [5.41, 5.74) is 2.53. The Labute approximate surface area is 109 Å². The second kappa shape index (κ2) is 6.01. The Kier molecular flexibility index (Phi) is 4.91. The zero-order valence-electron chi connectivity index (χ0n) is 11.7. The fourth-order valence-electron chi connectivity index (χ4n) is 1.86. The largest absolute Gasteiger partial charge is 0.481 e. The molecule has 1 unspecified atom stereocenters. The molecule has 0 saturated carbocycles. The molecule has 0 aliphatic rings. The van der Waals surface area contributed by atoms with Gasteiger partial charge in [-0.15, -0.1) is 0 Å². The Balaban J connectivity index is 2.57. The highest BCUT2D eigenvalue weighted by Crippen LogP contribution is 2.23. The van der Waals surface area contributed by atoms with E-state index in [2.05, 4.69) is 50.4 Å². The molecule has 0 aliphatic heterocycles. The van der Waals surface area contributed by atoms with Gasteiger partial charge in [0.2, 0.25) is 0 Å². The lowest BCUT2D eigenvalue weighted by Crippen LogP contribution is -2.36. The van der Waals surface area contributed by atoms with E-state index >= 15 is 0 Å². The van der Waals surface area contributed by atoms with Crippen LogP contribution >= 0.6 is 0 Å². The van der Waals surface area contributed by atoms with Crippen molar-refractivity contribution in [3.8, 4) is 0 Å². The van der Waals surface area contributed by atoms with E-state index in [1.807, 2.05) is 0 Å². The predicted molar refractivity (Wildman–Crippen MR) is 73.9 cm³/mol. The molecular formula is C15H23NO2. The molecule has 0 bridgehead atoms. The molecule has 0 aliphatic carbocycles. The van der Waals surface area contributed by atoms with Gasteiger partial charge in [0.25, 0.3) is 0 Å². The van der Waals surface area contributed by atoms with Gasteiger partial charge in [-0.1, -0.05) is 50.6 Å². The molecule has 0 heterocycles. The van der Waals surface area contributed by atoms with Gasteiger partial charge in [-0.3, -0.25) is 4.79 Å². The van der Waals surface area contributed by atoms with Gasteiger partial charge < -0.3 is 10.4 Å². The lowest BCUT2D eigenvalue weighted by atomic mass is 9.84. The first kappa shape index (κ1) is 14.7. The van der Waals surface area contributed by atoms with Crippen LogP contribution in [-0.4, -0.2) is 24.2 Å². The molecule has 3 nitrogen and oxygen atoms in total. The normalized spacial score (nSPS) is 13.3. The van der Waals surface area contributed by atoms with Crippen LogP contribution in [0.4, 0.5) is 0 Å². The fraction of sp³-hybridized carbons (Fsp3) is 0.533. The molecule has 0 radical (unpaired) electrons. The number of carbonyl (C=O) groups is 1. The number of rotatable bonds is 6. The third kappa shape index (κ3) is 4.15. The molecule has 2 N–H and O–H groups in total. The molecule has 18 heavy (non-hydrogen) atoms. The summed E-state index contributed by atoms with van der Waals surface area (Å²) in [6.45, 7) is 9.41. The highest BCUT2D eigenvalue weighted by molar-refractivity contribution is 5.69. The predicted octanol–water partition coefficient (Wildman–Crippen LogP) is 2.58. The second-order valence-corrected chi connectivity index (χ2v) is 5.62. The van der Waals surface area contributed by atoms with Gasteiger partial charge >= 0.3 is 5.97 Å². The summed E-state index contributed by atoms with van der Waals surface area (Å²) < 4.78 is 0. The third-order valence-electron chi connectivity index (χ3n) is 3.24. The van der Waals surface area contributed by atoms with E-state index in [1.54, 1.807) is 6.92 Å². The molecule has 0 aromatic heterocycles. The van der Waals surface area contributed by atoms with Gasteiger partial charge in [0.1, 0.15) is 0 Å². The number of benzene rings is 1. The van der Waals surface area contributed by atoms with Crippen LogP contribution in [0.15, 0.2) is 24.3 Å². The van der Waals surface area contributed by atoms with Gasteiger partial charge in [-0.25, -0.2) is 0 Å². The molecule has 3 heteroatoms. The topological polar surface area (TPSA) is 49.3 Å². The molecule has 100 valence electrons. The number of nitrogens with one attached hydrogen (secondary N) is 1. The molecule has 1 atom stereocenters. The first-order valence-corrected chi connectivity index (χ1v) is 6.33. The van der Waals surface area contributed by atoms with Crippen molar-refractivity contribution in [2.45, 2.75) is 33.1 Å². The van der Waals surface area contributed by atoms with Crippen LogP contribution in [0.3, 0.4) is 0 Å². The summed E-state index contributed by atoms with van der Waals surface area (Å²) in [6, 6.07) is 8.45. The first-order valence-electron chi connectivity index (χ1n) is 6.33. The molecule has 0 spiro atoms. The van der Waals surface area contributed by atoms with E-state index in [0.29, 0.717) is 6.54 Å². The summed E-state index contributed by atoms with van der Waals surface area (Å²) in [4.78, 5) is 10.7. The van der Waals surface area contributed by atoms with E-state index in [9.17, 15) is 4.79 Å². The highest BCUT2D eigenvalue weighted by Gasteiger charge is 2.21. The van der Waals surface area contributed by atoms with E-state index in [1.165, 1.54) is 11.1 Å². The smallest absolute Gasteiger partial charge is 0.307 e. The Morgan fingerprint density at radius 1 is 1.44 bits per heavy atom. The van der Waals surface area contributed by atoms with Crippen molar-refractivity contribution in [3.05, 3.63) is 35.4 Å². The zero-order chi connectivity index (χ0) is 13.8. The Morgan fingerprint density at radius 2 is 2.11 bits per heavy atom. The fourth-order valence-corrected chi connectivity index (χ4v) is 1.86. The summed E-state index contributed by atoms with van der Waals surface area (Å²) in [5.74, 6) is -1.10. The summed E-state index contributed by atoms with van der Waals surface area (Å²) >= 11 is 0. The lowest BCUT2D eigenvalue weighted by molar-refractivity contribution is -0.140. The second-order valence-electron chi connectivity index (χ2n) is 5.62. The molecule has 0 fully saturated rings. The van der Waals surface area contributed by atoms with Crippen molar-refractivity contribution in [2.75, 3.05) is 13.1 Å². The summed E-state index contributed by atoms with van der Waals surface area (Å²) in [7, 11) is 0. The van der Waals surface area contributed by atoms with Crippen LogP contribution in [-0.2, 0) is 10.2 Å². The maximum absolute atomic E-state index is 10.7. The van der Waals surface area contributed by atoms with Crippen molar-refractivity contribution in [1.29, 1.82) is 0 Å². The van der Waals surface area contributed by atoms with Crippen molar-refractivity contribution in [1.82, 2.24) is 5.32 Å². The minimum atomic E-state index is -0.754. The Morgan fingerprint density at radius 3 is 2.67 bits per heavy atom. The van der Waals surface area contributed by atoms with Crippen molar-refractivity contribution < 1.29 is 9.90 Å². The van der Waals surface area contributed by atoms with Crippen LogP contribution in [0.25, 0.3) is 0 Å². The van der Waals surface area contributed by atoms with Crippen molar-refractivity contribution >= 4 is 5.97 Å². The average molecular weight is 249 g/mol. The molecule has 0 amide bonds. The molecular weight excluding hydrogens is 226 g/mol. The van der Waals surface area contributed by atoms with Gasteiger partial charge in [0.15, 0.2) is 0 Å². The minimum absolute atomic E-state index is 0.00421. The molecule has 0 saturated heterocycles. The van der Waals surface area contributed by atoms with Gasteiger partial charge in [0.05, 0.1) is 5.92 Å². The monoisotopic (exact) mass is 249 g/mol. The van der Waals surface area contributed by atoms with Crippen molar-refractivity contribution in [2.24, 2.45) is 5.92 Å². The maximum atomic E-state index is 10.7. The van der Waals surface area contributed by atoms with E-state index < -0.39 is 5.97 Å². The zero-order valence-corrected chi connectivity index (χ0v) is 11.7. The number of aliphatic carboxylic acids is 1. The number of carboxylic acid groups (broad SMARTS) is 1. The standard InChI is InChI=1S/C15H23NO2/c1-11-6-5-7-13(8-11)15(3,4)10-16-9-12(2)14(17)18/h5-8,12,16H,9-10H2,1-4H3,(H,17,18). The van der Waals surface area contributed by atoms with E-state index in [-0.39, 0.29) is 11.3 Å². The molecule has 1 rings (SSSR count). The molecule has 1 aromatic carbocycles. The minimum Gasteiger partial charge on any atom is -0.481 e. The Bertz CT molecular complexity index is 413. The lowest BCUT2D eigenvalue weighted by Gasteiger charge is -2.26. The van der Waals surface area contributed by atoms with Crippen LogP contribution in [0.1, 0.15) is 31.9 Å².